The van der Waals surface area contributed by atoms with E-state index in [-0.39, 0.29) is 16.9 Å². The van der Waals surface area contributed by atoms with E-state index < -0.39 is 0 Å². The Morgan fingerprint density at radius 1 is 1.43 bits per heavy atom. The van der Waals surface area contributed by atoms with Gasteiger partial charge >= 0.3 is 0 Å². The van der Waals surface area contributed by atoms with E-state index in [2.05, 4.69) is 15.3 Å². The molecule has 0 aliphatic rings. The molecular formula is C14H16N4OS2. The zero-order chi connectivity index (χ0) is 15.6. The van der Waals surface area contributed by atoms with E-state index in [0.29, 0.717) is 11.3 Å². The first-order valence-corrected chi connectivity index (χ1v) is 7.61. The molecule has 5 nitrogen and oxygen atoms in total. The molecule has 0 radical (unpaired) electrons. The van der Waals surface area contributed by atoms with Gasteiger partial charge in [-0.25, -0.2) is 4.98 Å². The molecule has 7 heteroatoms. The fraction of sp³-hybridized carbons (Fsp3) is 0.286. The zero-order valence-corrected chi connectivity index (χ0v) is 13.6. The van der Waals surface area contributed by atoms with Crippen molar-refractivity contribution in [2.24, 2.45) is 5.73 Å². The average molecular weight is 320 g/mol. The van der Waals surface area contributed by atoms with Crippen LogP contribution in [0.1, 0.15) is 44.6 Å². The van der Waals surface area contributed by atoms with Crippen molar-refractivity contribution in [1.29, 1.82) is 0 Å². The Morgan fingerprint density at radius 2 is 2.14 bits per heavy atom. The minimum absolute atomic E-state index is 0.110. The smallest absolute Gasteiger partial charge is 0.270 e. The summed E-state index contributed by atoms with van der Waals surface area (Å²) in [6, 6.07) is 3.19. The number of carbonyl (C=O) groups excluding carboxylic acids is 1. The Morgan fingerprint density at radius 3 is 2.62 bits per heavy atom. The van der Waals surface area contributed by atoms with Crippen molar-refractivity contribution in [2.75, 3.05) is 0 Å². The number of rotatable bonds is 4. The maximum absolute atomic E-state index is 12.2. The van der Waals surface area contributed by atoms with E-state index in [9.17, 15) is 4.79 Å². The molecule has 1 amide bonds. The number of nitrogens with zero attached hydrogens (tertiary/aromatic N) is 2. The molecule has 0 bridgehead atoms. The molecule has 110 valence electrons. The standard InChI is InChI=1S/C14H16N4OS2/c1-7-12(21-9(3)17-7)8(2)18-14(19)11-5-4-10(6-16-11)13(15)20/h4-6,8H,1-3H3,(H2,15,20)(H,18,19). The molecule has 2 heterocycles. The normalized spacial score (nSPS) is 12.0. The molecular weight excluding hydrogens is 304 g/mol. The van der Waals surface area contributed by atoms with Crippen molar-refractivity contribution in [2.45, 2.75) is 26.8 Å². The Bertz CT molecular complexity index is 679. The first-order valence-electron chi connectivity index (χ1n) is 6.39. The van der Waals surface area contributed by atoms with Gasteiger partial charge in [-0.15, -0.1) is 11.3 Å². The van der Waals surface area contributed by atoms with Gasteiger partial charge in [-0.05, 0) is 32.9 Å². The minimum atomic E-state index is -0.234. The average Bonchev–Trinajstić information content (AvgIpc) is 2.77. The van der Waals surface area contributed by atoms with Crippen molar-refractivity contribution in [3.63, 3.8) is 0 Å². The molecule has 0 spiro atoms. The largest absolute Gasteiger partial charge is 0.389 e. The SMILES string of the molecule is Cc1nc(C)c(C(C)NC(=O)c2ccc(C(N)=S)cn2)s1. The lowest BCUT2D eigenvalue weighted by molar-refractivity contribution is 0.0935. The lowest BCUT2D eigenvalue weighted by Gasteiger charge is -2.12. The minimum Gasteiger partial charge on any atom is -0.389 e. The second kappa shape index (κ2) is 6.28. The van der Waals surface area contributed by atoms with Crippen LogP contribution in [0.4, 0.5) is 0 Å². The monoisotopic (exact) mass is 320 g/mol. The van der Waals surface area contributed by atoms with Crippen LogP contribution in [-0.4, -0.2) is 20.9 Å². The van der Waals surface area contributed by atoms with Crippen LogP contribution in [0, 0.1) is 13.8 Å². The number of aromatic nitrogens is 2. The molecule has 1 atom stereocenters. The maximum atomic E-state index is 12.2. The van der Waals surface area contributed by atoms with Crippen molar-refractivity contribution >= 4 is 34.5 Å². The summed E-state index contributed by atoms with van der Waals surface area (Å²) in [6.07, 6.45) is 1.50. The van der Waals surface area contributed by atoms with Gasteiger partial charge in [-0.3, -0.25) is 9.78 Å². The van der Waals surface area contributed by atoms with Crippen molar-refractivity contribution in [3.8, 4) is 0 Å². The summed E-state index contributed by atoms with van der Waals surface area (Å²) in [6.45, 7) is 5.82. The van der Waals surface area contributed by atoms with Crippen LogP contribution in [0.25, 0.3) is 0 Å². The van der Waals surface area contributed by atoms with Gasteiger partial charge in [0.25, 0.3) is 5.91 Å². The van der Waals surface area contributed by atoms with Gasteiger partial charge in [0, 0.05) is 16.6 Å². The Kier molecular flexibility index (Phi) is 4.64. The fourth-order valence-corrected chi connectivity index (χ4v) is 3.01. The highest BCUT2D eigenvalue weighted by Crippen LogP contribution is 2.24. The van der Waals surface area contributed by atoms with Gasteiger partial charge in [0.15, 0.2) is 0 Å². The second-order valence-electron chi connectivity index (χ2n) is 4.67. The lowest BCUT2D eigenvalue weighted by Crippen LogP contribution is -2.27. The quantitative estimate of drug-likeness (QED) is 0.845. The molecule has 2 aromatic rings. The number of hydrogen-bond acceptors (Lipinski definition) is 5. The molecule has 2 rings (SSSR count). The van der Waals surface area contributed by atoms with Crippen LogP contribution in [0.15, 0.2) is 18.3 Å². The van der Waals surface area contributed by atoms with Crippen LogP contribution >= 0.6 is 23.6 Å². The summed E-state index contributed by atoms with van der Waals surface area (Å²) in [4.78, 5) is 21.9. The Labute approximate surface area is 132 Å². The fourth-order valence-electron chi connectivity index (χ4n) is 1.96. The molecule has 0 aliphatic heterocycles. The first-order chi connectivity index (χ1) is 9.88. The van der Waals surface area contributed by atoms with Crippen LogP contribution in [0.5, 0.6) is 0 Å². The van der Waals surface area contributed by atoms with Gasteiger partial charge in [0.2, 0.25) is 0 Å². The third kappa shape index (κ3) is 3.62. The van der Waals surface area contributed by atoms with Gasteiger partial charge < -0.3 is 11.1 Å². The second-order valence-corrected chi connectivity index (χ2v) is 6.35. The molecule has 0 aromatic carbocycles. The summed E-state index contributed by atoms with van der Waals surface area (Å²) >= 11 is 6.44. The van der Waals surface area contributed by atoms with Crippen molar-refractivity contribution < 1.29 is 4.79 Å². The van der Waals surface area contributed by atoms with E-state index in [4.69, 9.17) is 18.0 Å². The number of thiazole rings is 1. The molecule has 1 unspecified atom stereocenters. The molecule has 2 aromatic heterocycles. The van der Waals surface area contributed by atoms with Gasteiger partial charge in [-0.2, -0.15) is 0 Å². The Hall–Kier alpha value is -1.86. The number of carbonyl (C=O) groups is 1. The highest BCUT2D eigenvalue weighted by atomic mass is 32.1. The number of aryl methyl sites for hydroxylation is 2. The number of hydrogen-bond donors (Lipinski definition) is 2. The highest BCUT2D eigenvalue weighted by Gasteiger charge is 2.17. The van der Waals surface area contributed by atoms with E-state index in [1.165, 1.54) is 6.20 Å². The highest BCUT2D eigenvalue weighted by molar-refractivity contribution is 7.80. The summed E-state index contributed by atoms with van der Waals surface area (Å²) < 4.78 is 0. The zero-order valence-electron chi connectivity index (χ0n) is 12.0. The molecule has 0 saturated heterocycles. The van der Waals surface area contributed by atoms with Gasteiger partial charge in [0.05, 0.1) is 16.7 Å². The summed E-state index contributed by atoms with van der Waals surface area (Å²) in [5, 5.41) is 3.91. The predicted octanol–water partition coefficient (Wildman–Crippen LogP) is 2.28. The van der Waals surface area contributed by atoms with Crippen LogP contribution in [0.3, 0.4) is 0 Å². The molecule has 3 N–H and O–H groups in total. The van der Waals surface area contributed by atoms with Gasteiger partial charge in [0.1, 0.15) is 10.7 Å². The first kappa shape index (κ1) is 15.5. The molecule has 0 aliphatic carbocycles. The summed E-state index contributed by atoms with van der Waals surface area (Å²) in [5.41, 5.74) is 7.42. The number of nitrogens with one attached hydrogen (secondary N) is 1. The van der Waals surface area contributed by atoms with E-state index in [1.807, 2.05) is 20.8 Å². The summed E-state index contributed by atoms with van der Waals surface area (Å²) in [5.74, 6) is -0.234. The number of nitrogens with two attached hydrogens (primary N) is 1. The summed E-state index contributed by atoms with van der Waals surface area (Å²) in [7, 11) is 0. The lowest BCUT2D eigenvalue weighted by atomic mass is 10.2. The molecule has 0 fully saturated rings. The number of thiocarbonyl (C=S) groups is 1. The Balaban J connectivity index is 2.10. The van der Waals surface area contributed by atoms with Crippen LogP contribution in [0.2, 0.25) is 0 Å². The third-order valence-corrected chi connectivity index (χ3v) is 4.45. The predicted molar refractivity (Wildman–Crippen MR) is 87.6 cm³/mol. The maximum Gasteiger partial charge on any atom is 0.270 e. The van der Waals surface area contributed by atoms with Gasteiger partial charge in [-0.1, -0.05) is 12.2 Å². The number of pyridine rings is 1. The van der Waals surface area contributed by atoms with E-state index in [0.717, 1.165) is 15.6 Å². The van der Waals surface area contributed by atoms with E-state index >= 15 is 0 Å². The van der Waals surface area contributed by atoms with Crippen molar-refractivity contribution in [1.82, 2.24) is 15.3 Å². The van der Waals surface area contributed by atoms with Crippen molar-refractivity contribution in [3.05, 3.63) is 45.2 Å². The molecule has 0 saturated carbocycles. The molecule has 21 heavy (non-hydrogen) atoms. The topological polar surface area (TPSA) is 80.9 Å². The van der Waals surface area contributed by atoms with Crippen LogP contribution < -0.4 is 11.1 Å². The van der Waals surface area contributed by atoms with E-state index in [1.54, 1.807) is 23.5 Å². The number of amides is 1. The third-order valence-electron chi connectivity index (χ3n) is 2.96. The van der Waals surface area contributed by atoms with Crippen LogP contribution in [-0.2, 0) is 0 Å².